The highest BCUT2D eigenvalue weighted by Gasteiger charge is 2.29. The van der Waals surface area contributed by atoms with Gasteiger partial charge in [-0.25, -0.2) is 0 Å². The van der Waals surface area contributed by atoms with E-state index < -0.39 is 11.4 Å². The zero-order valence-corrected chi connectivity index (χ0v) is 18.0. The zero-order valence-electron chi connectivity index (χ0n) is 16.4. The highest BCUT2D eigenvalue weighted by Crippen LogP contribution is 2.39. The molecular formula is C21H23N3O3S2. The van der Waals surface area contributed by atoms with Crippen LogP contribution in [0.3, 0.4) is 0 Å². The molecule has 152 valence electrons. The fourth-order valence-corrected chi connectivity index (χ4v) is 5.96. The van der Waals surface area contributed by atoms with Gasteiger partial charge in [-0.15, -0.1) is 16.1 Å². The van der Waals surface area contributed by atoms with Gasteiger partial charge in [0.2, 0.25) is 5.91 Å². The number of fused-ring (bicyclic) bond motifs is 1. The third kappa shape index (κ3) is 4.16. The van der Waals surface area contributed by atoms with Crippen molar-refractivity contribution in [2.75, 3.05) is 30.4 Å². The molecule has 0 radical (unpaired) electrons. The largest absolute Gasteiger partial charge is 0.593 e. The van der Waals surface area contributed by atoms with Crippen molar-refractivity contribution in [2.45, 2.75) is 34.8 Å². The van der Waals surface area contributed by atoms with Gasteiger partial charge in [0.05, 0.1) is 22.3 Å². The van der Waals surface area contributed by atoms with E-state index in [0.29, 0.717) is 16.1 Å². The quantitative estimate of drug-likeness (QED) is 0.753. The molecule has 0 bridgehead atoms. The minimum absolute atomic E-state index is 0.0251. The van der Waals surface area contributed by atoms with E-state index in [1.807, 2.05) is 23.4 Å². The van der Waals surface area contributed by atoms with Crippen LogP contribution in [0.25, 0.3) is 0 Å². The van der Waals surface area contributed by atoms with Crippen LogP contribution in [0.15, 0.2) is 52.3 Å². The predicted molar refractivity (Wildman–Crippen MR) is 117 cm³/mol. The Bertz CT molecular complexity index is 947. The monoisotopic (exact) mass is 429 g/mol. The lowest BCUT2D eigenvalue weighted by Crippen LogP contribution is -2.36. The minimum atomic E-state index is -1.21. The number of amides is 2. The van der Waals surface area contributed by atoms with E-state index in [-0.39, 0.29) is 17.1 Å². The van der Waals surface area contributed by atoms with Gasteiger partial charge in [-0.3, -0.25) is 9.59 Å². The first-order chi connectivity index (χ1) is 13.9. The van der Waals surface area contributed by atoms with E-state index >= 15 is 0 Å². The van der Waals surface area contributed by atoms with Crippen molar-refractivity contribution < 1.29 is 14.1 Å². The van der Waals surface area contributed by atoms with Gasteiger partial charge in [0.15, 0.2) is 4.90 Å². The average molecular weight is 430 g/mol. The molecule has 4 rings (SSSR count). The molecule has 1 saturated heterocycles. The highest BCUT2D eigenvalue weighted by molar-refractivity contribution is 8.01. The second kappa shape index (κ2) is 8.39. The van der Waals surface area contributed by atoms with Crippen LogP contribution in [-0.4, -0.2) is 46.1 Å². The summed E-state index contributed by atoms with van der Waals surface area (Å²) in [6.07, 6.45) is 2.13. The van der Waals surface area contributed by atoms with Crippen LogP contribution in [-0.2, 0) is 16.2 Å². The summed E-state index contributed by atoms with van der Waals surface area (Å²) >= 11 is 0.297. The maximum Gasteiger partial charge on any atom is 0.255 e. The van der Waals surface area contributed by atoms with E-state index in [0.717, 1.165) is 36.5 Å². The molecule has 2 atom stereocenters. The molecule has 0 spiro atoms. The smallest absolute Gasteiger partial charge is 0.255 e. The molecule has 2 aromatic rings. The fraction of sp³-hybridized carbons (Fsp3) is 0.333. The molecule has 8 heteroatoms. The Morgan fingerprint density at radius 2 is 1.97 bits per heavy atom. The van der Waals surface area contributed by atoms with E-state index in [4.69, 9.17) is 0 Å². The van der Waals surface area contributed by atoms with Gasteiger partial charge in [-0.05, 0) is 50.1 Å². The second-order valence-electron chi connectivity index (χ2n) is 7.21. The van der Waals surface area contributed by atoms with Gasteiger partial charge < -0.3 is 14.8 Å². The molecule has 2 aliphatic rings. The Kier molecular flexibility index (Phi) is 5.87. The maximum atomic E-state index is 12.8. The molecule has 0 aliphatic carbocycles. The molecule has 2 unspecified atom stereocenters. The number of nitrogens with zero attached hydrogens (tertiary/aromatic N) is 2. The van der Waals surface area contributed by atoms with E-state index in [9.17, 15) is 14.1 Å². The standard InChI is InChI=1S/C21H23N3O3S2/c1-14-21(26)23(2)18-12-15(8-9-19(18)28-14)20(25)22-16-6-5-7-17(13-16)29(27)24-10-3-4-11-24/h5-9,12-14H,3-4,10-11H2,1-2H3,(H,22,25). The SMILES string of the molecule is CC1Sc2ccc(C(=O)Nc3cccc([S+]([O-])N4CCCC4)c3)cc2N(C)C1=O. The van der Waals surface area contributed by atoms with Gasteiger partial charge in [-0.2, -0.15) is 0 Å². The normalized spacial score (nSPS) is 20.4. The molecular weight excluding hydrogens is 406 g/mol. The van der Waals surface area contributed by atoms with Crippen molar-refractivity contribution in [3.05, 3.63) is 48.0 Å². The Hall–Kier alpha value is -2.00. The van der Waals surface area contributed by atoms with Crippen LogP contribution in [0.2, 0.25) is 0 Å². The van der Waals surface area contributed by atoms with E-state index in [1.165, 1.54) is 11.8 Å². The summed E-state index contributed by atoms with van der Waals surface area (Å²) in [6, 6.07) is 12.6. The van der Waals surface area contributed by atoms with Crippen LogP contribution >= 0.6 is 11.8 Å². The molecule has 29 heavy (non-hydrogen) atoms. The van der Waals surface area contributed by atoms with Crippen molar-refractivity contribution in [3.63, 3.8) is 0 Å². The van der Waals surface area contributed by atoms with Crippen molar-refractivity contribution in [2.24, 2.45) is 0 Å². The molecule has 2 heterocycles. The van der Waals surface area contributed by atoms with Crippen molar-refractivity contribution in [1.82, 2.24) is 4.31 Å². The Balaban J connectivity index is 1.51. The van der Waals surface area contributed by atoms with E-state index in [2.05, 4.69) is 5.32 Å². The van der Waals surface area contributed by atoms with Gasteiger partial charge in [-0.1, -0.05) is 6.07 Å². The van der Waals surface area contributed by atoms with Crippen molar-refractivity contribution in [1.29, 1.82) is 0 Å². The van der Waals surface area contributed by atoms with Crippen LogP contribution < -0.4 is 10.2 Å². The van der Waals surface area contributed by atoms with Crippen LogP contribution in [0.4, 0.5) is 11.4 Å². The Labute approximate surface area is 178 Å². The van der Waals surface area contributed by atoms with Crippen LogP contribution in [0.5, 0.6) is 0 Å². The number of carbonyl (C=O) groups is 2. The first-order valence-corrected chi connectivity index (χ1v) is 11.6. The van der Waals surface area contributed by atoms with Gasteiger partial charge in [0, 0.05) is 42.3 Å². The Morgan fingerprint density at radius 3 is 2.72 bits per heavy atom. The summed E-state index contributed by atoms with van der Waals surface area (Å²) in [5.74, 6) is -0.237. The van der Waals surface area contributed by atoms with Crippen LogP contribution in [0, 0.1) is 0 Å². The van der Waals surface area contributed by atoms with E-state index in [1.54, 1.807) is 42.3 Å². The molecule has 6 nitrogen and oxygen atoms in total. The highest BCUT2D eigenvalue weighted by atomic mass is 32.2. The third-order valence-electron chi connectivity index (χ3n) is 5.16. The minimum Gasteiger partial charge on any atom is -0.593 e. The lowest BCUT2D eigenvalue weighted by Gasteiger charge is -2.29. The number of rotatable bonds is 4. The van der Waals surface area contributed by atoms with Gasteiger partial charge in [0.25, 0.3) is 5.91 Å². The van der Waals surface area contributed by atoms with Gasteiger partial charge in [0.1, 0.15) is 0 Å². The summed E-state index contributed by atoms with van der Waals surface area (Å²) in [5.41, 5.74) is 1.82. The van der Waals surface area contributed by atoms with Crippen molar-refractivity contribution in [3.8, 4) is 0 Å². The molecule has 0 aromatic heterocycles. The molecule has 2 aromatic carbocycles. The molecule has 2 amide bonds. The zero-order chi connectivity index (χ0) is 20.5. The Morgan fingerprint density at radius 1 is 1.21 bits per heavy atom. The summed E-state index contributed by atoms with van der Waals surface area (Å²) in [5, 5.41) is 2.75. The lowest BCUT2D eigenvalue weighted by atomic mass is 10.1. The first-order valence-electron chi connectivity index (χ1n) is 9.60. The maximum absolute atomic E-state index is 12.8. The number of thioether (sulfide) groups is 1. The average Bonchev–Trinajstić information content (AvgIpc) is 3.26. The number of anilines is 2. The summed E-state index contributed by atoms with van der Waals surface area (Å²) in [4.78, 5) is 28.3. The topological polar surface area (TPSA) is 75.7 Å². The number of benzene rings is 2. The number of hydrogen-bond donors (Lipinski definition) is 1. The number of nitrogens with one attached hydrogen (secondary N) is 1. The first kappa shape index (κ1) is 20.3. The summed E-state index contributed by atoms with van der Waals surface area (Å²) < 4.78 is 14.6. The van der Waals surface area contributed by atoms with Gasteiger partial charge >= 0.3 is 0 Å². The lowest BCUT2D eigenvalue weighted by molar-refractivity contribution is -0.117. The third-order valence-corrected chi connectivity index (χ3v) is 7.80. The van der Waals surface area contributed by atoms with Crippen molar-refractivity contribution >= 4 is 46.3 Å². The fourth-order valence-electron chi connectivity index (χ4n) is 3.54. The molecule has 2 aliphatic heterocycles. The second-order valence-corrected chi connectivity index (χ2v) is 10.1. The molecule has 1 N–H and O–H groups in total. The summed E-state index contributed by atoms with van der Waals surface area (Å²) in [7, 11) is 1.73. The molecule has 0 saturated carbocycles. The predicted octanol–water partition coefficient (Wildman–Crippen LogP) is 3.51. The van der Waals surface area contributed by atoms with Crippen LogP contribution in [0.1, 0.15) is 30.1 Å². The number of hydrogen-bond acceptors (Lipinski definition) is 5. The number of carbonyl (C=O) groups excluding carboxylic acids is 2. The summed E-state index contributed by atoms with van der Waals surface area (Å²) in [6.45, 7) is 3.55. The molecule has 1 fully saturated rings.